The van der Waals surface area contributed by atoms with Crippen LogP contribution in [0.5, 0.6) is 0 Å². The number of hydrogen-bond donors (Lipinski definition) is 1. The molecule has 1 aromatic carbocycles. The molecule has 0 unspecified atom stereocenters. The van der Waals surface area contributed by atoms with Crippen molar-refractivity contribution in [3.8, 4) is 0 Å². The van der Waals surface area contributed by atoms with E-state index < -0.39 is 5.97 Å². The summed E-state index contributed by atoms with van der Waals surface area (Å²) < 4.78 is 0. The van der Waals surface area contributed by atoms with E-state index in [1.807, 2.05) is 18.2 Å². The Morgan fingerprint density at radius 3 is 2.50 bits per heavy atom. The molecule has 2 heteroatoms. The second-order valence-electron chi connectivity index (χ2n) is 4.49. The SMILES string of the molecule is O=C(O)[C@@]12C[C@@H](c3ccccc3)[C@@H]1C2. The van der Waals surface area contributed by atoms with Gasteiger partial charge in [-0.15, -0.1) is 0 Å². The van der Waals surface area contributed by atoms with Crippen LogP contribution in [0.4, 0.5) is 0 Å². The smallest absolute Gasteiger partial charge is 0.309 e. The van der Waals surface area contributed by atoms with Crippen LogP contribution in [-0.2, 0) is 4.79 Å². The maximum absolute atomic E-state index is 10.9. The molecule has 14 heavy (non-hydrogen) atoms. The average Bonchev–Trinajstić information content (AvgIpc) is 2.75. The molecule has 0 amide bonds. The second kappa shape index (κ2) is 2.38. The largest absolute Gasteiger partial charge is 0.481 e. The van der Waals surface area contributed by atoms with Gasteiger partial charge in [0.15, 0.2) is 0 Å². The molecular weight excluding hydrogens is 176 g/mol. The van der Waals surface area contributed by atoms with Gasteiger partial charge in [0, 0.05) is 0 Å². The van der Waals surface area contributed by atoms with Crippen LogP contribution < -0.4 is 0 Å². The lowest BCUT2D eigenvalue weighted by Crippen LogP contribution is -2.31. The first-order chi connectivity index (χ1) is 6.74. The van der Waals surface area contributed by atoms with E-state index in [1.165, 1.54) is 5.56 Å². The molecule has 1 N–H and O–H groups in total. The number of rotatable bonds is 2. The zero-order valence-electron chi connectivity index (χ0n) is 7.81. The summed E-state index contributed by atoms with van der Waals surface area (Å²) in [4.78, 5) is 10.9. The number of hydrogen-bond acceptors (Lipinski definition) is 1. The number of fused-ring (bicyclic) bond motifs is 1. The summed E-state index contributed by atoms with van der Waals surface area (Å²) in [7, 11) is 0. The van der Waals surface area contributed by atoms with E-state index in [0.29, 0.717) is 11.8 Å². The van der Waals surface area contributed by atoms with Crippen LogP contribution in [0.1, 0.15) is 24.3 Å². The van der Waals surface area contributed by atoms with Crippen LogP contribution in [0.2, 0.25) is 0 Å². The molecular formula is C12H12O2. The molecule has 2 aliphatic carbocycles. The summed E-state index contributed by atoms with van der Waals surface area (Å²) in [6.07, 6.45) is 1.74. The van der Waals surface area contributed by atoms with E-state index in [2.05, 4.69) is 12.1 Å². The van der Waals surface area contributed by atoms with E-state index in [-0.39, 0.29) is 5.41 Å². The molecule has 1 aromatic rings. The molecule has 0 bridgehead atoms. The number of benzene rings is 1. The monoisotopic (exact) mass is 188 g/mol. The Morgan fingerprint density at radius 2 is 2.00 bits per heavy atom. The highest BCUT2D eigenvalue weighted by atomic mass is 16.4. The summed E-state index contributed by atoms with van der Waals surface area (Å²) >= 11 is 0. The number of carboxylic acids is 1. The van der Waals surface area contributed by atoms with Gasteiger partial charge in [0.2, 0.25) is 0 Å². The topological polar surface area (TPSA) is 37.3 Å². The number of carboxylic acid groups (broad SMARTS) is 1. The van der Waals surface area contributed by atoms with Crippen molar-refractivity contribution in [1.82, 2.24) is 0 Å². The first kappa shape index (κ1) is 8.04. The fourth-order valence-corrected chi connectivity index (χ4v) is 2.85. The van der Waals surface area contributed by atoms with Crippen molar-refractivity contribution in [2.24, 2.45) is 11.3 Å². The maximum Gasteiger partial charge on any atom is 0.309 e. The normalized spacial score (nSPS) is 38.3. The molecule has 0 aliphatic heterocycles. The van der Waals surface area contributed by atoms with Gasteiger partial charge < -0.3 is 5.11 Å². The average molecular weight is 188 g/mol. The van der Waals surface area contributed by atoms with E-state index in [1.54, 1.807) is 0 Å². The molecule has 0 spiro atoms. The lowest BCUT2D eigenvalue weighted by molar-refractivity contribution is -0.147. The molecule has 0 heterocycles. The minimum atomic E-state index is -0.588. The first-order valence-corrected chi connectivity index (χ1v) is 5.02. The Bertz CT molecular complexity index is 385. The number of carbonyl (C=O) groups is 1. The van der Waals surface area contributed by atoms with Crippen LogP contribution in [0.3, 0.4) is 0 Å². The minimum absolute atomic E-state index is 0.319. The lowest BCUT2D eigenvalue weighted by Gasteiger charge is -2.31. The third-order valence-electron chi connectivity index (χ3n) is 3.86. The van der Waals surface area contributed by atoms with Gasteiger partial charge in [-0.1, -0.05) is 30.3 Å². The summed E-state index contributed by atoms with van der Waals surface area (Å²) in [5.41, 5.74) is 0.993. The van der Waals surface area contributed by atoms with Gasteiger partial charge in [0.25, 0.3) is 0 Å². The molecule has 0 radical (unpaired) electrons. The fraction of sp³-hybridized carbons (Fsp3) is 0.417. The van der Waals surface area contributed by atoms with Gasteiger partial charge in [-0.25, -0.2) is 0 Å². The molecule has 2 nitrogen and oxygen atoms in total. The highest BCUT2D eigenvalue weighted by Crippen LogP contribution is 2.73. The van der Waals surface area contributed by atoms with E-state index in [0.717, 1.165) is 12.8 Å². The zero-order valence-corrected chi connectivity index (χ0v) is 7.81. The summed E-state index contributed by atoms with van der Waals surface area (Å²) in [6.45, 7) is 0. The Balaban J connectivity index is 1.80. The Morgan fingerprint density at radius 1 is 1.29 bits per heavy atom. The summed E-state index contributed by atoms with van der Waals surface area (Å²) in [6, 6.07) is 10.3. The van der Waals surface area contributed by atoms with Gasteiger partial charge in [0.05, 0.1) is 5.41 Å². The highest BCUT2D eigenvalue weighted by Gasteiger charge is 2.71. The van der Waals surface area contributed by atoms with E-state index in [9.17, 15) is 4.79 Å². The van der Waals surface area contributed by atoms with Crippen LogP contribution >= 0.6 is 0 Å². The molecule has 2 fully saturated rings. The van der Waals surface area contributed by atoms with Gasteiger partial charge in [-0.2, -0.15) is 0 Å². The lowest BCUT2D eigenvalue weighted by atomic mass is 9.71. The molecule has 0 aromatic heterocycles. The van der Waals surface area contributed by atoms with Crippen LogP contribution in [-0.4, -0.2) is 11.1 Å². The Kier molecular flexibility index (Phi) is 1.37. The van der Waals surface area contributed by atoms with Gasteiger partial charge in [-0.05, 0) is 30.2 Å². The predicted octanol–water partition coefficient (Wildman–Crippen LogP) is 2.26. The van der Waals surface area contributed by atoms with Crippen LogP contribution in [0, 0.1) is 11.3 Å². The van der Waals surface area contributed by atoms with E-state index in [4.69, 9.17) is 5.11 Å². The zero-order chi connectivity index (χ0) is 9.76. The molecule has 2 saturated carbocycles. The van der Waals surface area contributed by atoms with Crippen molar-refractivity contribution < 1.29 is 9.90 Å². The Hall–Kier alpha value is -1.31. The second-order valence-corrected chi connectivity index (χ2v) is 4.49. The molecule has 0 saturated heterocycles. The van der Waals surface area contributed by atoms with Crippen LogP contribution in [0.15, 0.2) is 30.3 Å². The quantitative estimate of drug-likeness (QED) is 0.773. The third-order valence-corrected chi connectivity index (χ3v) is 3.86. The van der Waals surface area contributed by atoms with Crippen molar-refractivity contribution in [2.45, 2.75) is 18.8 Å². The van der Waals surface area contributed by atoms with Gasteiger partial charge >= 0.3 is 5.97 Å². The van der Waals surface area contributed by atoms with Gasteiger partial charge in [-0.3, -0.25) is 4.79 Å². The molecule has 3 atom stereocenters. The van der Waals surface area contributed by atoms with Crippen molar-refractivity contribution in [3.63, 3.8) is 0 Å². The van der Waals surface area contributed by atoms with E-state index >= 15 is 0 Å². The minimum Gasteiger partial charge on any atom is -0.481 e. The molecule has 2 aliphatic rings. The third kappa shape index (κ3) is 0.834. The molecule has 3 rings (SSSR count). The maximum atomic E-state index is 10.9. The van der Waals surface area contributed by atoms with Crippen LogP contribution in [0.25, 0.3) is 0 Å². The van der Waals surface area contributed by atoms with Crippen molar-refractivity contribution in [3.05, 3.63) is 35.9 Å². The number of aliphatic carboxylic acids is 1. The first-order valence-electron chi connectivity index (χ1n) is 5.02. The summed E-state index contributed by atoms with van der Waals surface area (Å²) in [5, 5.41) is 9.00. The fourth-order valence-electron chi connectivity index (χ4n) is 2.85. The predicted molar refractivity (Wildman–Crippen MR) is 52.0 cm³/mol. The van der Waals surface area contributed by atoms with Crippen molar-refractivity contribution in [1.29, 1.82) is 0 Å². The molecule has 72 valence electrons. The standard InChI is InChI=1S/C12H12O2/c13-11(14)12-6-9(10(12)7-12)8-4-2-1-3-5-8/h1-5,9-10H,6-7H2,(H,13,14)/t9-,10-,12+/m0/s1. The Labute approximate surface area is 82.6 Å². The van der Waals surface area contributed by atoms with Crippen molar-refractivity contribution in [2.75, 3.05) is 0 Å². The highest BCUT2D eigenvalue weighted by molar-refractivity contribution is 5.81. The van der Waals surface area contributed by atoms with Gasteiger partial charge in [0.1, 0.15) is 0 Å². The summed E-state index contributed by atoms with van der Waals surface area (Å²) in [5.74, 6) is 0.337. The van der Waals surface area contributed by atoms with Crippen molar-refractivity contribution >= 4 is 5.97 Å².